The molecular formula is C16H12ClN3O. The SMILES string of the molecule is Cc1cc(NC(=O)c2cnccc2Cl)c2ccccc2n1. The number of fused-ring (bicyclic) bond motifs is 1. The van der Waals surface area contributed by atoms with E-state index in [2.05, 4.69) is 15.3 Å². The lowest BCUT2D eigenvalue weighted by Crippen LogP contribution is -2.13. The molecule has 3 aromatic rings. The standard InChI is InChI=1S/C16H12ClN3O/c1-10-8-15(11-4-2-3-5-14(11)19-10)20-16(21)12-9-18-7-6-13(12)17/h2-9H,1H3,(H,19,20,21). The first-order valence-corrected chi connectivity index (χ1v) is 6.80. The average Bonchev–Trinajstić information content (AvgIpc) is 2.47. The van der Waals surface area contributed by atoms with Crippen LogP contribution in [0.2, 0.25) is 5.02 Å². The number of aryl methyl sites for hydroxylation is 1. The molecule has 0 radical (unpaired) electrons. The molecule has 0 fully saturated rings. The van der Waals surface area contributed by atoms with Crippen LogP contribution in [0, 0.1) is 6.92 Å². The highest BCUT2D eigenvalue weighted by Crippen LogP contribution is 2.24. The molecule has 1 aromatic carbocycles. The molecule has 0 spiro atoms. The van der Waals surface area contributed by atoms with Crippen molar-refractivity contribution in [2.75, 3.05) is 5.32 Å². The van der Waals surface area contributed by atoms with Gasteiger partial charge in [-0.2, -0.15) is 0 Å². The van der Waals surface area contributed by atoms with Gasteiger partial charge in [0, 0.05) is 23.5 Å². The van der Waals surface area contributed by atoms with Gasteiger partial charge >= 0.3 is 0 Å². The highest BCUT2D eigenvalue weighted by molar-refractivity contribution is 6.34. The van der Waals surface area contributed by atoms with Crippen molar-refractivity contribution in [3.63, 3.8) is 0 Å². The molecule has 0 unspecified atom stereocenters. The van der Waals surface area contributed by atoms with E-state index >= 15 is 0 Å². The second-order valence-corrected chi connectivity index (χ2v) is 5.05. The summed E-state index contributed by atoms with van der Waals surface area (Å²) in [7, 11) is 0. The topological polar surface area (TPSA) is 54.9 Å². The van der Waals surface area contributed by atoms with Gasteiger partial charge in [-0.3, -0.25) is 14.8 Å². The molecule has 4 nitrogen and oxygen atoms in total. The second-order valence-electron chi connectivity index (χ2n) is 4.64. The number of anilines is 1. The summed E-state index contributed by atoms with van der Waals surface area (Å²) >= 11 is 6.02. The number of benzene rings is 1. The maximum absolute atomic E-state index is 12.3. The third-order valence-corrected chi connectivity index (χ3v) is 3.43. The Morgan fingerprint density at radius 3 is 2.86 bits per heavy atom. The molecule has 0 saturated heterocycles. The Balaban J connectivity index is 2.02. The van der Waals surface area contributed by atoms with E-state index in [1.807, 2.05) is 37.3 Å². The number of hydrogen-bond acceptors (Lipinski definition) is 3. The summed E-state index contributed by atoms with van der Waals surface area (Å²) in [6, 6.07) is 11.1. The number of para-hydroxylation sites is 1. The second kappa shape index (κ2) is 5.50. The number of carbonyl (C=O) groups excluding carboxylic acids is 1. The van der Waals surface area contributed by atoms with E-state index < -0.39 is 0 Å². The quantitative estimate of drug-likeness (QED) is 0.782. The molecule has 0 bridgehead atoms. The minimum absolute atomic E-state index is 0.288. The van der Waals surface area contributed by atoms with Crippen LogP contribution in [0.4, 0.5) is 5.69 Å². The van der Waals surface area contributed by atoms with Gasteiger partial charge in [0.1, 0.15) is 0 Å². The van der Waals surface area contributed by atoms with Crippen molar-refractivity contribution >= 4 is 34.1 Å². The predicted octanol–water partition coefficient (Wildman–Crippen LogP) is 3.84. The molecule has 0 saturated carbocycles. The summed E-state index contributed by atoms with van der Waals surface area (Å²) in [6.45, 7) is 1.89. The Bertz CT molecular complexity index is 833. The molecule has 3 rings (SSSR count). The van der Waals surface area contributed by atoms with Crippen molar-refractivity contribution in [1.29, 1.82) is 0 Å². The van der Waals surface area contributed by atoms with Crippen molar-refractivity contribution in [1.82, 2.24) is 9.97 Å². The number of amides is 1. The minimum Gasteiger partial charge on any atom is -0.321 e. The van der Waals surface area contributed by atoms with Crippen LogP contribution in [-0.4, -0.2) is 15.9 Å². The molecule has 2 aromatic heterocycles. The van der Waals surface area contributed by atoms with Crippen molar-refractivity contribution in [3.05, 3.63) is 65.1 Å². The molecule has 2 heterocycles. The van der Waals surface area contributed by atoms with E-state index in [-0.39, 0.29) is 5.91 Å². The van der Waals surface area contributed by atoms with E-state index in [4.69, 9.17) is 11.6 Å². The van der Waals surface area contributed by atoms with Gasteiger partial charge in [0.25, 0.3) is 5.91 Å². The van der Waals surface area contributed by atoms with Crippen molar-refractivity contribution < 1.29 is 4.79 Å². The molecular weight excluding hydrogens is 286 g/mol. The van der Waals surface area contributed by atoms with Crippen LogP contribution in [-0.2, 0) is 0 Å². The van der Waals surface area contributed by atoms with E-state index in [1.165, 1.54) is 6.20 Å². The molecule has 1 amide bonds. The van der Waals surface area contributed by atoms with Gasteiger partial charge in [0.2, 0.25) is 0 Å². The minimum atomic E-state index is -0.288. The van der Waals surface area contributed by atoms with Crippen LogP contribution in [0.25, 0.3) is 10.9 Å². The lowest BCUT2D eigenvalue weighted by molar-refractivity contribution is 0.102. The first-order chi connectivity index (χ1) is 10.1. The number of hydrogen-bond donors (Lipinski definition) is 1. The lowest BCUT2D eigenvalue weighted by atomic mass is 10.1. The maximum Gasteiger partial charge on any atom is 0.258 e. The van der Waals surface area contributed by atoms with Crippen LogP contribution in [0.5, 0.6) is 0 Å². The van der Waals surface area contributed by atoms with Gasteiger partial charge < -0.3 is 5.32 Å². The van der Waals surface area contributed by atoms with E-state index in [0.717, 1.165) is 16.6 Å². The third-order valence-electron chi connectivity index (χ3n) is 3.10. The fraction of sp³-hybridized carbons (Fsp3) is 0.0625. The monoisotopic (exact) mass is 297 g/mol. The number of rotatable bonds is 2. The van der Waals surface area contributed by atoms with E-state index in [0.29, 0.717) is 16.3 Å². The molecule has 5 heteroatoms. The van der Waals surface area contributed by atoms with Crippen molar-refractivity contribution in [3.8, 4) is 0 Å². The summed E-state index contributed by atoms with van der Waals surface area (Å²) in [5.74, 6) is -0.288. The fourth-order valence-corrected chi connectivity index (χ4v) is 2.34. The smallest absolute Gasteiger partial charge is 0.258 e. The Labute approximate surface area is 126 Å². The normalized spacial score (nSPS) is 10.6. The van der Waals surface area contributed by atoms with Crippen LogP contribution >= 0.6 is 11.6 Å². The molecule has 0 aliphatic rings. The Morgan fingerprint density at radius 1 is 1.24 bits per heavy atom. The lowest BCUT2D eigenvalue weighted by Gasteiger charge is -2.10. The summed E-state index contributed by atoms with van der Waals surface area (Å²) in [6.07, 6.45) is 3.00. The largest absolute Gasteiger partial charge is 0.321 e. The summed E-state index contributed by atoms with van der Waals surface area (Å²) in [5.41, 5.74) is 2.73. The zero-order valence-corrected chi connectivity index (χ0v) is 12.1. The highest BCUT2D eigenvalue weighted by Gasteiger charge is 2.12. The zero-order valence-electron chi connectivity index (χ0n) is 11.3. The van der Waals surface area contributed by atoms with Crippen LogP contribution in [0.1, 0.15) is 16.1 Å². The van der Waals surface area contributed by atoms with Crippen LogP contribution in [0.15, 0.2) is 48.8 Å². The molecule has 21 heavy (non-hydrogen) atoms. The van der Waals surface area contributed by atoms with Gasteiger partial charge in [-0.15, -0.1) is 0 Å². The van der Waals surface area contributed by atoms with Gasteiger partial charge in [-0.25, -0.2) is 0 Å². The van der Waals surface area contributed by atoms with Crippen molar-refractivity contribution in [2.45, 2.75) is 6.92 Å². The van der Waals surface area contributed by atoms with Gasteiger partial charge in [0.05, 0.1) is 21.8 Å². The molecule has 0 atom stereocenters. The maximum atomic E-state index is 12.3. The number of nitrogens with zero attached hydrogens (tertiary/aromatic N) is 2. The first kappa shape index (κ1) is 13.5. The van der Waals surface area contributed by atoms with Crippen molar-refractivity contribution in [2.24, 2.45) is 0 Å². The highest BCUT2D eigenvalue weighted by atomic mass is 35.5. The Hall–Kier alpha value is -2.46. The summed E-state index contributed by atoms with van der Waals surface area (Å²) < 4.78 is 0. The average molecular weight is 298 g/mol. The first-order valence-electron chi connectivity index (χ1n) is 6.42. The van der Waals surface area contributed by atoms with Gasteiger partial charge in [-0.1, -0.05) is 29.8 Å². The Kier molecular flexibility index (Phi) is 3.54. The number of aromatic nitrogens is 2. The van der Waals surface area contributed by atoms with Gasteiger partial charge in [-0.05, 0) is 25.1 Å². The van der Waals surface area contributed by atoms with Crippen LogP contribution < -0.4 is 5.32 Å². The van der Waals surface area contributed by atoms with E-state index in [1.54, 1.807) is 12.3 Å². The number of pyridine rings is 2. The fourth-order valence-electron chi connectivity index (χ4n) is 2.15. The predicted molar refractivity (Wildman–Crippen MR) is 83.7 cm³/mol. The Morgan fingerprint density at radius 2 is 2.05 bits per heavy atom. The summed E-state index contributed by atoms with van der Waals surface area (Å²) in [4.78, 5) is 20.7. The zero-order chi connectivity index (χ0) is 14.8. The third kappa shape index (κ3) is 2.71. The number of nitrogens with one attached hydrogen (secondary N) is 1. The number of carbonyl (C=O) groups is 1. The van der Waals surface area contributed by atoms with Crippen LogP contribution in [0.3, 0.4) is 0 Å². The summed E-state index contributed by atoms with van der Waals surface area (Å²) in [5, 5.41) is 4.14. The van der Waals surface area contributed by atoms with Gasteiger partial charge in [0.15, 0.2) is 0 Å². The molecule has 1 N–H and O–H groups in total. The number of halogens is 1. The van der Waals surface area contributed by atoms with E-state index in [9.17, 15) is 4.79 Å². The molecule has 104 valence electrons. The molecule has 0 aliphatic heterocycles. The molecule has 0 aliphatic carbocycles.